The second kappa shape index (κ2) is 5.66. The Morgan fingerprint density at radius 1 is 1.15 bits per heavy atom. The van der Waals surface area contributed by atoms with E-state index in [4.69, 9.17) is 0 Å². The summed E-state index contributed by atoms with van der Waals surface area (Å²) in [6.07, 6.45) is 1.50. The fourth-order valence-corrected chi connectivity index (χ4v) is 3.72. The van der Waals surface area contributed by atoms with Crippen molar-refractivity contribution in [3.8, 4) is 0 Å². The number of aryl methyl sites for hydroxylation is 2. The van der Waals surface area contributed by atoms with Crippen LogP contribution in [-0.4, -0.2) is 13.4 Å². The Hall–Kier alpha value is -1.20. The standard InChI is InChI=1S/C15H16BrNO2S/c1-10-4-5-11(2)14(8-10)12(3)20(18,19)15-7-6-13(16)9-17-15/h4-9,12H,1-3H3. The number of hydrogen-bond acceptors (Lipinski definition) is 3. The minimum Gasteiger partial charge on any atom is -0.244 e. The van der Waals surface area contributed by atoms with Crippen molar-refractivity contribution in [3.63, 3.8) is 0 Å². The van der Waals surface area contributed by atoms with Gasteiger partial charge in [0.1, 0.15) is 0 Å². The number of pyridine rings is 1. The van der Waals surface area contributed by atoms with Crippen molar-refractivity contribution >= 4 is 25.8 Å². The summed E-state index contributed by atoms with van der Waals surface area (Å²) in [5.41, 5.74) is 2.86. The number of aromatic nitrogens is 1. The van der Waals surface area contributed by atoms with Gasteiger partial charge in [0.2, 0.25) is 9.84 Å². The lowest BCUT2D eigenvalue weighted by Gasteiger charge is -2.16. The Kier molecular flexibility index (Phi) is 4.30. The van der Waals surface area contributed by atoms with E-state index in [1.54, 1.807) is 13.0 Å². The molecule has 2 aromatic rings. The maximum absolute atomic E-state index is 12.6. The molecule has 1 unspecified atom stereocenters. The van der Waals surface area contributed by atoms with Crippen LogP contribution in [0.3, 0.4) is 0 Å². The number of nitrogens with zero attached hydrogens (tertiary/aromatic N) is 1. The normalized spacial score (nSPS) is 13.2. The number of benzene rings is 1. The highest BCUT2D eigenvalue weighted by molar-refractivity contribution is 9.10. The van der Waals surface area contributed by atoms with E-state index < -0.39 is 15.1 Å². The fourth-order valence-electron chi connectivity index (χ4n) is 2.08. The molecule has 0 bridgehead atoms. The van der Waals surface area contributed by atoms with Crippen molar-refractivity contribution in [2.45, 2.75) is 31.0 Å². The zero-order valence-corrected chi connectivity index (χ0v) is 14.0. The maximum atomic E-state index is 12.6. The van der Waals surface area contributed by atoms with Crippen LogP contribution in [-0.2, 0) is 9.84 Å². The summed E-state index contributed by atoms with van der Waals surface area (Å²) >= 11 is 3.26. The van der Waals surface area contributed by atoms with Gasteiger partial charge in [0, 0.05) is 10.7 Å². The highest BCUT2D eigenvalue weighted by Gasteiger charge is 2.27. The molecule has 0 N–H and O–H groups in total. The van der Waals surface area contributed by atoms with Crippen LogP contribution in [0.15, 0.2) is 46.0 Å². The van der Waals surface area contributed by atoms with E-state index >= 15 is 0 Å². The molecule has 106 valence electrons. The third-order valence-corrected chi connectivity index (χ3v) is 5.81. The molecule has 3 nitrogen and oxygen atoms in total. The van der Waals surface area contributed by atoms with E-state index in [1.807, 2.05) is 32.0 Å². The molecule has 1 heterocycles. The molecule has 2 rings (SSSR count). The molecule has 0 radical (unpaired) electrons. The third kappa shape index (κ3) is 2.94. The first-order chi connectivity index (χ1) is 9.32. The Labute approximate surface area is 128 Å². The van der Waals surface area contributed by atoms with Gasteiger partial charge < -0.3 is 0 Å². The van der Waals surface area contributed by atoms with Crippen LogP contribution < -0.4 is 0 Å². The predicted molar refractivity (Wildman–Crippen MR) is 83.5 cm³/mol. The molecule has 0 saturated heterocycles. The molecular formula is C15H16BrNO2S. The molecule has 1 atom stereocenters. The van der Waals surface area contributed by atoms with Gasteiger partial charge in [-0.1, -0.05) is 23.8 Å². The monoisotopic (exact) mass is 353 g/mol. The first-order valence-electron chi connectivity index (χ1n) is 6.25. The molecule has 0 amide bonds. The van der Waals surface area contributed by atoms with Gasteiger partial charge in [0.05, 0.1) is 5.25 Å². The Bertz CT molecular complexity index is 724. The van der Waals surface area contributed by atoms with Gasteiger partial charge in [-0.3, -0.25) is 0 Å². The highest BCUT2D eigenvalue weighted by atomic mass is 79.9. The number of hydrogen-bond donors (Lipinski definition) is 0. The van der Waals surface area contributed by atoms with E-state index in [2.05, 4.69) is 20.9 Å². The van der Waals surface area contributed by atoms with Crippen molar-refractivity contribution in [2.75, 3.05) is 0 Å². The number of rotatable bonds is 3. The summed E-state index contributed by atoms with van der Waals surface area (Å²) in [5.74, 6) is 0. The number of sulfone groups is 1. The zero-order valence-electron chi connectivity index (χ0n) is 11.6. The fraction of sp³-hybridized carbons (Fsp3) is 0.267. The second-order valence-corrected chi connectivity index (χ2v) is 7.99. The van der Waals surface area contributed by atoms with Crippen LogP contribution in [0.4, 0.5) is 0 Å². The molecule has 5 heteroatoms. The Morgan fingerprint density at radius 2 is 1.85 bits per heavy atom. The molecule has 1 aromatic carbocycles. The molecule has 20 heavy (non-hydrogen) atoms. The minimum atomic E-state index is -3.48. The van der Waals surface area contributed by atoms with Crippen LogP contribution >= 0.6 is 15.9 Å². The molecule has 0 fully saturated rings. The Morgan fingerprint density at radius 3 is 2.45 bits per heavy atom. The van der Waals surface area contributed by atoms with Gasteiger partial charge >= 0.3 is 0 Å². The third-order valence-electron chi connectivity index (χ3n) is 3.33. The van der Waals surface area contributed by atoms with Crippen LogP contribution in [0.5, 0.6) is 0 Å². The topological polar surface area (TPSA) is 47.0 Å². The van der Waals surface area contributed by atoms with E-state index in [9.17, 15) is 8.42 Å². The first-order valence-corrected chi connectivity index (χ1v) is 8.59. The molecule has 0 aliphatic carbocycles. The van der Waals surface area contributed by atoms with Crippen molar-refractivity contribution in [1.82, 2.24) is 4.98 Å². The highest BCUT2D eigenvalue weighted by Crippen LogP contribution is 2.30. The average molecular weight is 354 g/mol. The minimum absolute atomic E-state index is 0.106. The lowest BCUT2D eigenvalue weighted by Crippen LogP contribution is -2.13. The first kappa shape index (κ1) is 15.2. The van der Waals surface area contributed by atoms with Crippen molar-refractivity contribution in [2.24, 2.45) is 0 Å². The maximum Gasteiger partial charge on any atom is 0.202 e. The quantitative estimate of drug-likeness (QED) is 0.837. The van der Waals surface area contributed by atoms with Crippen LogP contribution in [0.1, 0.15) is 28.9 Å². The van der Waals surface area contributed by atoms with Gasteiger partial charge in [-0.2, -0.15) is 0 Å². The number of halogens is 1. The van der Waals surface area contributed by atoms with Gasteiger partial charge in [0.25, 0.3) is 0 Å². The lowest BCUT2D eigenvalue weighted by atomic mass is 10.0. The summed E-state index contributed by atoms with van der Waals surface area (Å²) in [6.45, 7) is 5.59. The van der Waals surface area contributed by atoms with Crippen molar-refractivity contribution in [3.05, 3.63) is 57.7 Å². The van der Waals surface area contributed by atoms with Gasteiger partial charge in [-0.15, -0.1) is 0 Å². The summed E-state index contributed by atoms with van der Waals surface area (Å²) in [4.78, 5) is 4.01. The summed E-state index contributed by atoms with van der Waals surface area (Å²) in [5, 5.41) is -0.509. The zero-order chi connectivity index (χ0) is 14.9. The Balaban J connectivity index is 2.48. The smallest absolute Gasteiger partial charge is 0.202 e. The van der Waals surface area contributed by atoms with E-state index in [-0.39, 0.29) is 5.03 Å². The molecule has 0 saturated carbocycles. The van der Waals surface area contributed by atoms with Gasteiger partial charge in [0.15, 0.2) is 5.03 Å². The summed E-state index contributed by atoms with van der Waals surface area (Å²) in [7, 11) is -3.48. The van der Waals surface area contributed by atoms with Crippen molar-refractivity contribution in [1.29, 1.82) is 0 Å². The van der Waals surface area contributed by atoms with Gasteiger partial charge in [-0.05, 0) is 60.0 Å². The average Bonchev–Trinajstić information content (AvgIpc) is 2.41. The van der Waals surface area contributed by atoms with Crippen LogP contribution in [0, 0.1) is 13.8 Å². The predicted octanol–water partition coefficient (Wildman–Crippen LogP) is 4.00. The SMILES string of the molecule is Cc1ccc(C)c(C(C)S(=O)(=O)c2ccc(Br)cn2)c1. The molecule has 0 spiro atoms. The van der Waals surface area contributed by atoms with Crippen LogP contribution in [0.25, 0.3) is 0 Å². The molecule has 0 aliphatic heterocycles. The van der Waals surface area contributed by atoms with Crippen molar-refractivity contribution < 1.29 is 8.42 Å². The second-order valence-electron chi connectivity index (χ2n) is 4.86. The molecular weight excluding hydrogens is 338 g/mol. The van der Waals surface area contributed by atoms with E-state index in [0.29, 0.717) is 0 Å². The lowest BCUT2D eigenvalue weighted by molar-refractivity contribution is 0.582. The van der Waals surface area contributed by atoms with Gasteiger partial charge in [-0.25, -0.2) is 13.4 Å². The van der Waals surface area contributed by atoms with E-state index in [1.165, 1.54) is 12.3 Å². The van der Waals surface area contributed by atoms with Crippen LogP contribution in [0.2, 0.25) is 0 Å². The largest absolute Gasteiger partial charge is 0.244 e. The summed E-state index contributed by atoms with van der Waals surface area (Å²) in [6, 6.07) is 9.08. The molecule has 0 aliphatic rings. The van der Waals surface area contributed by atoms with E-state index in [0.717, 1.165) is 21.2 Å². The summed E-state index contributed by atoms with van der Waals surface area (Å²) < 4.78 is 26.0. The molecule has 1 aromatic heterocycles.